The molecule has 3 aromatic rings. The Balaban J connectivity index is 1.80. The molecule has 2 aromatic heterocycles. The second-order valence-electron chi connectivity index (χ2n) is 8.22. The van der Waals surface area contributed by atoms with Crippen LogP contribution >= 0.6 is 12.2 Å². The van der Waals surface area contributed by atoms with Gasteiger partial charge in [0, 0.05) is 29.8 Å². The molecule has 0 spiro atoms. The van der Waals surface area contributed by atoms with E-state index >= 15 is 0 Å². The average Bonchev–Trinajstić information content (AvgIpc) is 3.33. The lowest BCUT2D eigenvalue weighted by molar-refractivity contribution is 0.397. The van der Waals surface area contributed by atoms with Crippen molar-refractivity contribution in [2.45, 2.75) is 38.4 Å². The molecule has 1 saturated heterocycles. The number of hydrogen-bond donors (Lipinski definition) is 1. The van der Waals surface area contributed by atoms with Crippen molar-refractivity contribution in [3.8, 4) is 5.75 Å². The lowest BCUT2D eigenvalue weighted by Crippen LogP contribution is -2.29. The minimum Gasteiger partial charge on any atom is -0.497 e. The Hall–Kier alpha value is -2.86. The largest absolute Gasteiger partial charge is 0.497 e. The van der Waals surface area contributed by atoms with Crippen LogP contribution in [0.25, 0.3) is 0 Å². The van der Waals surface area contributed by atoms with Gasteiger partial charge in [0.05, 0.1) is 24.9 Å². The van der Waals surface area contributed by atoms with Crippen LogP contribution in [-0.2, 0) is 5.54 Å². The fraction of sp³-hybridized carbons (Fsp3) is 0.304. The molecule has 2 unspecified atom stereocenters. The zero-order chi connectivity index (χ0) is 20.6. The Labute approximate surface area is 177 Å². The lowest BCUT2D eigenvalue weighted by Gasteiger charge is -2.28. The van der Waals surface area contributed by atoms with Gasteiger partial charge in [0.1, 0.15) is 5.75 Å². The molecule has 1 aliphatic rings. The summed E-state index contributed by atoms with van der Waals surface area (Å²) >= 11 is 5.77. The topological polar surface area (TPSA) is 42.3 Å². The third kappa shape index (κ3) is 3.72. The van der Waals surface area contributed by atoms with Gasteiger partial charge in [0.2, 0.25) is 0 Å². The minimum atomic E-state index is -0.0402. The van der Waals surface area contributed by atoms with E-state index in [1.807, 2.05) is 48.7 Å². The van der Waals surface area contributed by atoms with E-state index < -0.39 is 0 Å². The highest BCUT2D eigenvalue weighted by atomic mass is 32.1. The molecule has 0 radical (unpaired) electrons. The SMILES string of the molecule is COc1ccc(N2C(=S)NC(c3ccccn3)C2c2ccn(C(C)(C)C)c2)cc1. The summed E-state index contributed by atoms with van der Waals surface area (Å²) in [6, 6.07) is 16.1. The van der Waals surface area contributed by atoms with Gasteiger partial charge < -0.3 is 19.5 Å². The van der Waals surface area contributed by atoms with Crippen LogP contribution in [0.3, 0.4) is 0 Å². The normalized spacial score (nSPS) is 19.3. The smallest absolute Gasteiger partial charge is 0.174 e. The molecule has 0 amide bonds. The molecule has 4 rings (SSSR count). The van der Waals surface area contributed by atoms with Crippen molar-refractivity contribution in [3.63, 3.8) is 0 Å². The number of aromatic nitrogens is 2. The Kier molecular flexibility index (Phi) is 5.04. The van der Waals surface area contributed by atoms with Crippen molar-refractivity contribution in [3.05, 3.63) is 78.4 Å². The number of hydrogen-bond acceptors (Lipinski definition) is 3. The maximum absolute atomic E-state index is 5.77. The molecule has 6 heteroatoms. The van der Waals surface area contributed by atoms with Gasteiger partial charge in [0.25, 0.3) is 0 Å². The molecule has 0 bridgehead atoms. The molecular weight excluding hydrogens is 380 g/mol. The van der Waals surface area contributed by atoms with Gasteiger partial charge in [-0.15, -0.1) is 0 Å². The number of nitrogens with zero attached hydrogens (tertiary/aromatic N) is 3. The van der Waals surface area contributed by atoms with Crippen LogP contribution in [0.5, 0.6) is 5.75 Å². The predicted molar refractivity (Wildman–Crippen MR) is 120 cm³/mol. The van der Waals surface area contributed by atoms with Gasteiger partial charge in [-0.3, -0.25) is 4.98 Å². The minimum absolute atomic E-state index is 0.00519. The molecule has 1 aromatic carbocycles. The molecule has 3 heterocycles. The third-order valence-electron chi connectivity index (χ3n) is 5.28. The van der Waals surface area contributed by atoms with E-state index in [1.165, 1.54) is 5.56 Å². The van der Waals surface area contributed by atoms with Crippen LogP contribution < -0.4 is 15.0 Å². The summed E-state index contributed by atoms with van der Waals surface area (Å²) in [6.07, 6.45) is 6.18. The Morgan fingerprint density at radius 1 is 1.07 bits per heavy atom. The third-order valence-corrected chi connectivity index (χ3v) is 5.60. The van der Waals surface area contributed by atoms with Gasteiger partial charge in [0.15, 0.2) is 5.11 Å². The highest BCUT2D eigenvalue weighted by Gasteiger charge is 2.41. The highest BCUT2D eigenvalue weighted by molar-refractivity contribution is 7.80. The summed E-state index contributed by atoms with van der Waals surface area (Å²) in [6.45, 7) is 6.60. The van der Waals surface area contributed by atoms with E-state index in [0.717, 1.165) is 17.1 Å². The number of rotatable bonds is 4. The molecule has 150 valence electrons. The van der Waals surface area contributed by atoms with E-state index in [4.69, 9.17) is 17.0 Å². The van der Waals surface area contributed by atoms with Gasteiger partial charge in [-0.25, -0.2) is 0 Å². The Morgan fingerprint density at radius 2 is 1.83 bits per heavy atom. The zero-order valence-electron chi connectivity index (χ0n) is 17.2. The number of ether oxygens (including phenoxy) is 1. The number of anilines is 1. The number of methoxy groups -OCH3 is 1. The predicted octanol–water partition coefficient (Wildman–Crippen LogP) is 4.82. The Bertz CT molecular complexity index is 992. The molecular formula is C23H26N4OS. The van der Waals surface area contributed by atoms with Crippen LogP contribution in [-0.4, -0.2) is 21.8 Å². The van der Waals surface area contributed by atoms with Crippen molar-refractivity contribution in [1.82, 2.24) is 14.9 Å². The fourth-order valence-electron chi connectivity index (χ4n) is 3.72. The number of benzene rings is 1. The molecule has 2 atom stereocenters. The molecule has 1 aliphatic heterocycles. The first-order valence-corrected chi connectivity index (χ1v) is 10.1. The quantitative estimate of drug-likeness (QED) is 0.629. The van der Waals surface area contributed by atoms with Crippen molar-refractivity contribution in [2.75, 3.05) is 12.0 Å². The van der Waals surface area contributed by atoms with Crippen molar-refractivity contribution in [2.24, 2.45) is 0 Å². The van der Waals surface area contributed by atoms with Gasteiger partial charge in [-0.05, 0) is 81.0 Å². The molecule has 1 fully saturated rings. The van der Waals surface area contributed by atoms with Gasteiger partial charge in [-0.2, -0.15) is 0 Å². The first-order chi connectivity index (χ1) is 13.9. The number of pyridine rings is 1. The monoisotopic (exact) mass is 406 g/mol. The van der Waals surface area contributed by atoms with E-state index in [-0.39, 0.29) is 17.6 Å². The van der Waals surface area contributed by atoms with Crippen LogP contribution in [0, 0.1) is 0 Å². The average molecular weight is 407 g/mol. The summed E-state index contributed by atoms with van der Waals surface area (Å²) in [4.78, 5) is 6.78. The highest BCUT2D eigenvalue weighted by Crippen LogP contribution is 2.42. The zero-order valence-corrected chi connectivity index (χ0v) is 18.0. The summed E-state index contributed by atoms with van der Waals surface area (Å²) in [5.74, 6) is 0.823. The van der Waals surface area contributed by atoms with Crippen LogP contribution in [0.15, 0.2) is 67.1 Å². The van der Waals surface area contributed by atoms with Gasteiger partial charge >= 0.3 is 0 Å². The van der Waals surface area contributed by atoms with Crippen LogP contribution in [0.2, 0.25) is 0 Å². The van der Waals surface area contributed by atoms with E-state index in [9.17, 15) is 0 Å². The maximum Gasteiger partial charge on any atom is 0.174 e. The summed E-state index contributed by atoms with van der Waals surface area (Å²) in [5.41, 5.74) is 3.20. The summed E-state index contributed by atoms with van der Waals surface area (Å²) in [7, 11) is 1.67. The van der Waals surface area contributed by atoms with Crippen LogP contribution in [0.1, 0.15) is 44.1 Å². The van der Waals surface area contributed by atoms with Crippen molar-refractivity contribution >= 4 is 23.0 Å². The number of nitrogens with one attached hydrogen (secondary N) is 1. The van der Waals surface area contributed by atoms with Crippen molar-refractivity contribution in [1.29, 1.82) is 0 Å². The maximum atomic E-state index is 5.77. The van der Waals surface area contributed by atoms with E-state index in [2.05, 4.69) is 59.0 Å². The lowest BCUT2D eigenvalue weighted by atomic mass is 9.98. The second-order valence-corrected chi connectivity index (χ2v) is 8.60. The second kappa shape index (κ2) is 7.52. The molecule has 1 N–H and O–H groups in total. The molecule has 0 aliphatic carbocycles. The molecule has 0 saturated carbocycles. The first kappa shape index (κ1) is 19.5. The van der Waals surface area contributed by atoms with Gasteiger partial charge in [-0.1, -0.05) is 6.07 Å². The van der Waals surface area contributed by atoms with E-state index in [0.29, 0.717) is 5.11 Å². The number of thiocarbonyl (C=S) groups is 1. The summed E-state index contributed by atoms with van der Waals surface area (Å²) < 4.78 is 7.56. The van der Waals surface area contributed by atoms with E-state index in [1.54, 1.807) is 7.11 Å². The van der Waals surface area contributed by atoms with Crippen molar-refractivity contribution < 1.29 is 4.74 Å². The standard InChI is InChI=1S/C23H26N4OS/c1-23(2,3)26-14-12-16(15-26)21-20(19-7-5-6-13-24-19)25-22(29)27(21)17-8-10-18(28-4)11-9-17/h5-15,20-21H,1-4H3,(H,25,29). The molecule has 5 nitrogen and oxygen atoms in total. The fourth-order valence-corrected chi connectivity index (χ4v) is 4.07. The Morgan fingerprint density at radius 3 is 2.41 bits per heavy atom. The first-order valence-electron chi connectivity index (χ1n) is 9.71. The summed E-state index contributed by atoms with van der Waals surface area (Å²) in [5, 5.41) is 4.19. The van der Waals surface area contributed by atoms with Crippen LogP contribution in [0.4, 0.5) is 5.69 Å². The molecule has 29 heavy (non-hydrogen) atoms.